The number of rotatable bonds is 3. The summed E-state index contributed by atoms with van der Waals surface area (Å²) in [5.41, 5.74) is 3.68. The van der Waals surface area contributed by atoms with Crippen LogP contribution in [0.2, 0.25) is 5.02 Å². The summed E-state index contributed by atoms with van der Waals surface area (Å²) < 4.78 is 0. The van der Waals surface area contributed by atoms with Crippen LogP contribution in [0.5, 0.6) is 0 Å². The van der Waals surface area contributed by atoms with E-state index in [1.807, 2.05) is 19.2 Å². The average molecular weight is 302 g/mol. The van der Waals surface area contributed by atoms with E-state index < -0.39 is 0 Å². The summed E-state index contributed by atoms with van der Waals surface area (Å²) in [4.78, 5) is 7.00. The smallest absolute Gasteiger partial charge is 0.126 e. The van der Waals surface area contributed by atoms with Gasteiger partial charge in [0.05, 0.1) is 17.3 Å². The molecule has 0 saturated heterocycles. The summed E-state index contributed by atoms with van der Waals surface area (Å²) in [5.74, 6) is 0.859. The van der Waals surface area contributed by atoms with Crippen LogP contribution in [0, 0.1) is 0 Å². The second kappa shape index (κ2) is 6.35. The summed E-state index contributed by atoms with van der Waals surface area (Å²) in [6.45, 7) is 1.81. The highest BCUT2D eigenvalue weighted by Crippen LogP contribution is 2.28. The first-order chi connectivity index (χ1) is 10.3. The van der Waals surface area contributed by atoms with Gasteiger partial charge in [-0.1, -0.05) is 29.8 Å². The van der Waals surface area contributed by atoms with E-state index in [0.29, 0.717) is 0 Å². The maximum atomic E-state index is 6.32. The molecule has 0 unspecified atom stereocenters. The minimum Gasteiger partial charge on any atom is -0.373 e. The molecule has 0 spiro atoms. The largest absolute Gasteiger partial charge is 0.373 e. The van der Waals surface area contributed by atoms with Crippen molar-refractivity contribution in [3.05, 3.63) is 52.7 Å². The number of nitrogens with one attached hydrogen (secondary N) is 1. The van der Waals surface area contributed by atoms with Gasteiger partial charge in [0, 0.05) is 19.3 Å². The third-order valence-corrected chi connectivity index (χ3v) is 4.32. The second-order valence-electron chi connectivity index (χ2n) is 5.38. The first kappa shape index (κ1) is 14.2. The zero-order valence-corrected chi connectivity index (χ0v) is 13.0. The van der Waals surface area contributed by atoms with Crippen LogP contribution >= 0.6 is 11.6 Å². The van der Waals surface area contributed by atoms with Crippen molar-refractivity contribution in [2.45, 2.75) is 25.8 Å². The quantitative estimate of drug-likeness (QED) is 0.924. The second-order valence-corrected chi connectivity index (χ2v) is 5.79. The highest BCUT2D eigenvalue weighted by molar-refractivity contribution is 6.31. The molecule has 4 heteroatoms. The molecule has 0 fully saturated rings. The van der Waals surface area contributed by atoms with Gasteiger partial charge in [0.2, 0.25) is 0 Å². The lowest BCUT2D eigenvalue weighted by Gasteiger charge is -2.25. The standard InChI is InChI=1S/C17H20ClN3/c1-19-17-10-9-14(18)15(20-17)12-21-11-5-4-7-13-6-2-3-8-16(13)21/h2-3,6,8-10H,4-5,7,11-12H2,1H3,(H,19,20). The molecule has 0 saturated carbocycles. The van der Waals surface area contributed by atoms with E-state index in [0.717, 1.165) is 36.0 Å². The fourth-order valence-electron chi connectivity index (χ4n) is 2.85. The molecule has 3 rings (SSSR count). The van der Waals surface area contributed by atoms with E-state index in [1.165, 1.54) is 24.1 Å². The lowest BCUT2D eigenvalue weighted by molar-refractivity contribution is 0.708. The predicted octanol–water partition coefficient (Wildman–Crippen LogP) is 4.12. The monoisotopic (exact) mass is 301 g/mol. The number of fused-ring (bicyclic) bond motifs is 1. The highest BCUT2D eigenvalue weighted by Gasteiger charge is 2.16. The Morgan fingerprint density at radius 3 is 2.90 bits per heavy atom. The van der Waals surface area contributed by atoms with Crippen molar-refractivity contribution >= 4 is 23.1 Å². The normalized spacial score (nSPS) is 14.5. The Labute approximate surface area is 131 Å². The maximum Gasteiger partial charge on any atom is 0.126 e. The summed E-state index contributed by atoms with van der Waals surface area (Å²) in [6, 6.07) is 12.5. The van der Waals surface area contributed by atoms with Crippen LogP contribution in [-0.4, -0.2) is 18.6 Å². The van der Waals surface area contributed by atoms with Crippen LogP contribution < -0.4 is 10.2 Å². The Balaban J connectivity index is 1.91. The maximum absolute atomic E-state index is 6.32. The van der Waals surface area contributed by atoms with Crippen LogP contribution in [-0.2, 0) is 13.0 Å². The first-order valence-corrected chi connectivity index (χ1v) is 7.82. The lowest BCUT2D eigenvalue weighted by Crippen LogP contribution is -2.24. The van der Waals surface area contributed by atoms with Gasteiger partial charge in [-0.05, 0) is 43.0 Å². The summed E-state index contributed by atoms with van der Waals surface area (Å²) in [6.07, 6.45) is 3.60. The van der Waals surface area contributed by atoms with Crippen molar-refractivity contribution in [3.8, 4) is 0 Å². The number of aryl methyl sites for hydroxylation is 1. The molecule has 1 aliphatic heterocycles. The number of hydrogen-bond acceptors (Lipinski definition) is 3. The first-order valence-electron chi connectivity index (χ1n) is 7.44. The molecule has 2 heterocycles. The molecule has 0 aliphatic carbocycles. The van der Waals surface area contributed by atoms with Crippen LogP contribution in [0.1, 0.15) is 24.1 Å². The van der Waals surface area contributed by atoms with Crippen molar-refractivity contribution in [3.63, 3.8) is 0 Å². The van der Waals surface area contributed by atoms with Gasteiger partial charge in [-0.15, -0.1) is 0 Å². The van der Waals surface area contributed by atoms with Gasteiger partial charge >= 0.3 is 0 Å². The predicted molar refractivity (Wildman–Crippen MR) is 89.2 cm³/mol. The molecule has 2 aromatic rings. The summed E-state index contributed by atoms with van der Waals surface area (Å²) in [7, 11) is 1.88. The van der Waals surface area contributed by atoms with Gasteiger partial charge in [0.15, 0.2) is 0 Å². The fourth-order valence-corrected chi connectivity index (χ4v) is 3.01. The number of aromatic nitrogens is 1. The number of halogens is 1. The topological polar surface area (TPSA) is 28.2 Å². The Morgan fingerprint density at radius 1 is 1.19 bits per heavy atom. The van der Waals surface area contributed by atoms with Gasteiger partial charge in [-0.25, -0.2) is 4.98 Å². The number of benzene rings is 1. The molecule has 1 N–H and O–H groups in total. The van der Waals surface area contributed by atoms with Gasteiger partial charge in [0.25, 0.3) is 0 Å². The molecule has 110 valence electrons. The van der Waals surface area contributed by atoms with E-state index >= 15 is 0 Å². The van der Waals surface area contributed by atoms with Crippen LogP contribution in [0.15, 0.2) is 36.4 Å². The van der Waals surface area contributed by atoms with Crippen LogP contribution in [0.3, 0.4) is 0 Å². The van der Waals surface area contributed by atoms with Gasteiger partial charge in [-0.2, -0.15) is 0 Å². The van der Waals surface area contributed by atoms with Gasteiger partial charge in [-0.3, -0.25) is 0 Å². The van der Waals surface area contributed by atoms with E-state index in [9.17, 15) is 0 Å². The van der Waals surface area contributed by atoms with Crippen molar-refractivity contribution in [2.24, 2.45) is 0 Å². The SMILES string of the molecule is CNc1ccc(Cl)c(CN2CCCCc3ccccc32)n1. The molecule has 1 aromatic heterocycles. The van der Waals surface area contributed by atoms with Crippen molar-refractivity contribution < 1.29 is 0 Å². The molecule has 0 radical (unpaired) electrons. The van der Waals surface area contributed by atoms with Gasteiger partial charge < -0.3 is 10.2 Å². The zero-order chi connectivity index (χ0) is 14.7. The van der Waals surface area contributed by atoms with Crippen LogP contribution in [0.25, 0.3) is 0 Å². The molecule has 0 atom stereocenters. The average Bonchev–Trinajstić information content (AvgIpc) is 2.72. The van der Waals surface area contributed by atoms with E-state index in [1.54, 1.807) is 0 Å². The molecule has 3 nitrogen and oxygen atoms in total. The Hall–Kier alpha value is -1.74. The number of anilines is 2. The molecule has 1 aliphatic rings. The number of hydrogen-bond donors (Lipinski definition) is 1. The summed E-state index contributed by atoms with van der Waals surface area (Å²) in [5, 5.41) is 3.81. The summed E-state index contributed by atoms with van der Waals surface area (Å²) >= 11 is 6.32. The third-order valence-electron chi connectivity index (χ3n) is 3.97. The van der Waals surface area contributed by atoms with E-state index in [-0.39, 0.29) is 0 Å². The lowest BCUT2D eigenvalue weighted by atomic mass is 10.1. The Kier molecular flexibility index (Phi) is 4.30. The molecular weight excluding hydrogens is 282 g/mol. The number of pyridine rings is 1. The molecular formula is C17H20ClN3. The Bertz CT molecular complexity index is 627. The minimum atomic E-state index is 0.732. The highest BCUT2D eigenvalue weighted by atomic mass is 35.5. The molecule has 0 bridgehead atoms. The van der Waals surface area contributed by atoms with E-state index in [2.05, 4.69) is 39.5 Å². The van der Waals surface area contributed by atoms with Gasteiger partial charge in [0.1, 0.15) is 5.82 Å². The fraction of sp³-hybridized carbons (Fsp3) is 0.353. The van der Waals surface area contributed by atoms with Crippen molar-refractivity contribution in [1.29, 1.82) is 0 Å². The van der Waals surface area contributed by atoms with Crippen LogP contribution in [0.4, 0.5) is 11.5 Å². The van der Waals surface area contributed by atoms with Crippen molar-refractivity contribution in [1.82, 2.24) is 4.98 Å². The van der Waals surface area contributed by atoms with E-state index in [4.69, 9.17) is 11.6 Å². The zero-order valence-electron chi connectivity index (χ0n) is 12.3. The molecule has 0 amide bonds. The Morgan fingerprint density at radius 2 is 2.05 bits per heavy atom. The molecule has 21 heavy (non-hydrogen) atoms. The minimum absolute atomic E-state index is 0.732. The third kappa shape index (κ3) is 3.13. The number of para-hydroxylation sites is 1. The van der Waals surface area contributed by atoms with Crippen molar-refractivity contribution in [2.75, 3.05) is 23.8 Å². The number of nitrogens with zero attached hydrogens (tertiary/aromatic N) is 2. The molecule has 1 aromatic carbocycles.